The molecule has 0 N–H and O–H groups in total. The minimum absolute atomic E-state index is 1.33. The number of hydrogen-bond acceptors (Lipinski definition) is 3. The van der Waals surface area contributed by atoms with Gasteiger partial charge in [-0.25, -0.2) is 4.89 Å². The minimum atomic E-state index is -1.86. The fourth-order valence-electron chi connectivity index (χ4n) is 0.117. The van der Waals surface area contributed by atoms with Crippen LogP contribution in [0.5, 0.6) is 0 Å². The molecule has 0 fully saturated rings. The van der Waals surface area contributed by atoms with E-state index >= 15 is 0 Å². The average molecular weight is 110 g/mol. The van der Waals surface area contributed by atoms with E-state index in [2.05, 4.69) is 9.56 Å². The third-order valence-electron chi connectivity index (χ3n) is 0.201. The predicted octanol–water partition coefficient (Wildman–Crippen LogP) is 0.669. The van der Waals surface area contributed by atoms with E-state index in [1.54, 1.807) is 0 Å². The lowest BCUT2D eigenvalue weighted by Gasteiger charge is -1.87. The van der Waals surface area contributed by atoms with E-state index in [0.29, 0.717) is 0 Å². The van der Waals surface area contributed by atoms with Crippen molar-refractivity contribution in [3.63, 3.8) is 0 Å². The maximum absolute atomic E-state index is 9.88. The molecule has 0 aromatic heterocycles. The van der Waals surface area contributed by atoms with Gasteiger partial charge in [0.25, 0.3) is 0 Å². The van der Waals surface area contributed by atoms with E-state index in [0.717, 1.165) is 0 Å². The minimum Gasteiger partial charge on any atom is -0.294 e. The van der Waals surface area contributed by atoms with Crippen molar-refractivity contribution in [3.8, 4) is 0 Å². The van der Waals surface area contributed by atoms with Crippen molar-refractivity contribution in [1.82, 2.24) is 0 Å². The lowest BCUT2D eigenvalue weighted by atomic mass is 11.8. The molecule has 0 aromatic carbocycles. The molecule has 6 heavy (non-hydrogen) atoms. The summed E-state index contributed by atoms with van der Waals surface area (Å²) >= 11 is 0. The second kappa shape index (κ2) is 3.34. The van der Waals surface area contributed by atoms with E-state index in [4.69, 9.17) is 0 Å². The van der Waals surface area contributed by atoms with Gasteiger partial charge in [0, 0.05) is 6.66 Å². The van der Waals surface area contributed by atoms with E-state index in [9.17, 15) is 4.57 Å². The summed E-state index contributed by atoms with van der Waals surface area (Å²) in [6.45, 7) is 1.45. The number of hydrogen-bond donors (Lipinski definition) is 0. The SMILES string of the molecule is COO[PH](C)=O. The van der Waals surface area contributed by atoms with Crippen molar-refractivity contribution in [1.29, 1.82) is 0 Å². The Morgan fingerprint density at radius 2 is 2.17 bits per heavy atom. The van der Waals surface area contributed by atoms with Gasteiger partial charge in [-0.15, -0.1) is 0 Å². The Kier molecular flexibility index (Phi) is 3.43. The van der Waals surface area contributed by atoms with Crippen molar-refractivity contribution < 1.29 is 14.1 Å². The van der Waals surface area contributed by atoms with Gasteiger partial charge in [0.05, 0.1) is 7.11 Å². The smallest absolute Gasteiger partial charge is 0.222 e. The van der Waals surface area contributed by atoms with Gasteiger partial charge < -0.3 is 0 Å². The highest BCUT2D eigenvalue weighted by Gasteiger charge is 1.80. The summed E-state index contributed by atoms with van der Waals surface area (Å²) in [4.78, 5) is 4.04. The Bertz CT molecular complexity index is 52.8. The van der Waals surface area contributed by atoms with E-state index in [-0.39, 0.29) is 0 Å². The first-order valence-corrected chi connectivity index (χ1v) is 3.30. The second-order valence-electron chi connectivity index (χ2n) is 0.742. The number of rotatable bonds is 2. The highest BCUT2D eigenvalue weighted by atomic mass is 31.1. The third kappa shape index (κ3) is 4.15. The fraction of sp³-hybridized carbons (Fsp3) is 1.00. The molecule has 0 aliphatic heterocycles. The van der Waals surface area contributed by atoms with Crippen LogP contribution >= 0.6 is 8.03 Å². The molecular weight excluding hydrogens is 103 g/mol. The molecule has 0 radical (unpaired) electrons. The molecule has 0 saturated heterocycles. The van der Waals surface area contributed by atoms with Crippen molar-refractivity contribution >= 4 is 8.03 Å². The quantitative estimate of drug-likeness (QED) is 0.297. The van der Waals surface area contributed by atoms with E-state index in [1.165, 1.54) is 13.8 Å². The van der Waals surface area contributed by atoms with Crippen molar-refractivity contribution in [3.05, 3.63) is 0 Å². The van der Waals surface area contributed by atoms with Gasteiger partial charge in [0.1, 0.15) is 0 Å². The largest absolute Gasteiger partial charge is 0.294 e. The summed E-state index contributed by atoms with van der Waals surface area (Å²) in [5.41, 5.74) is 0. The van der Waals surface area contributed by atoms with Crippen LogP contribution in [0.3, 0.4) is 0 Å². The Hall–Kier alpha value is 0.150. The molecule has 0 aliphatic carbocycles. The zero-order chi connectivity index (χ0) is 4.99. The molecule has 0 amide bonds. The molecule has 0 heterocycles. The third-order valence-corrected chi connectivity index (χ3v) is 0.602. The molecule has 0 aromatic rings. The van der Waals surface area contributed by atoms with Gasteiger partial charge in [0.2, 0.25) is 8.03 Å². The lowest BCUT2D eigenvalue weighted by Crippen LogP contribution is -1.71. The molecule has 1 unspecified atom stereocenters. The van der Waals surface area contributed by atoms with Gasteiger partial charge in [-0.05, 0) is 0 Å². The van der Waals surface area contributed by atoms with Crippen LogP contribution in [0.25, 0.3) is 0 Å². The molecule has 0 saturated carbocycles. The first-order chi connectivity index (χ1) is 2.77. The van der Waals surface area contributed by atoms with Crippen LogP contribution < -0.4 is 0 Å². The first-order valence-electron chi connectivity index (χ1n) is 1.48. The van der Waals surface area contributed by atoms with Crippen LogP contribution in [-0.4, -0.2) is 13.8 Å². The summed E-state index contributed by atoms with van der Waals surface area (Å²) in [5.74, 6) is 0. The zero-order valence-corrected chi connectivity index (χ0v) is 4.72. The molecule has 4 heteroatoms. The van der Waals surface area contributed by atoms with Crippen LogP contribution in [0.15, 0.2) is 0 Å². The average Bonchev–Trinajstić information content (AvgIpc) is 1.35. The summed E-state index contributed by atoms with van der Waals surface area (Å²) < 4.78 is 14.0. The molecule has 38 valence electrons. The van der Waals surface area contributed by atoms with Crippen molar-refractivity contribution in [2.45, 2.75) is 0 Å². The second-order valence-corrected chi connectivity index (χ2v) is 1.89. The standard InChI is InChI=1S/C2H7O3P/c1-4-5-6(2)3/h6H,1-2H3. The first kappa shape index (κ1) is 6.15. The van der Waals surface area contributed by atoms with Gasteiger partial charge in [0.15, 0.2) is 0 Å². The summed E-state index contributed by atoms with van der Waals surface area (Å²) in [7, 11) is -0.532. The summed E-state index contributed by atoms with van der Waals surface area (Å²) in [6, 6.07) is 0. The normalized spacial score (nSPS) is 14.3. The van der Waals surface area contributed by atoms with Gasteiger partial charge in [-0.1, -0.05) is 0 Å². The highest BCUT2D eigenvalue weighted by molar-refractivity contribution is 7.37. The van der Waals surface area contributed by atoms with Gasteiger partial charge in [-0.3, -0.25) is 4.57 Å². The lowest BCUT2D eigenvalue weighted by molar-refractivity contribution is -0.171. The molecule has 0 bridgehead atoms. The monoisotopic (exact) mass is 110 g/mol. The van der Waals surface area contributed by atoms with Crippen LogP contribution in [0.1, 0.15) is 0 Å². The topological polar surface area (TPSA) is 35.5 Å². The van der Waals surface area contributed by atoms with Crippen molar-refractivity contribution in [2.24, 2.45) is 0 Å². The Labute approximate surface area is 37.1 Å². The van der Waals surface area contributed by atoms with Crippen LogP contribution in [0, 0.1) is 0 Å². The Balaban J connectivity index is 2.83. The van der Waals surface area contributed by atoms with Crippen LogP contribution in [0.4, 0.5) is 0 Å². The maximum Gasteiger partial charge on any atom is 0.222 e. The molecule has 3 nitrogen and oxygen atoms in total. The van der Waals surface area contributed by atoms with E-state index in [1.807, 2.05) is 0 Å². The molecule has 0 aliphatic rings. The molecule has 0 rings (SSSR count). The molecule has 1 atom stereocenters. The molecular formula is C2H7O3P. The molecule has 0 spiro atoms. The Morgan fingerprint density at radius 1 is 1.67 bits per heavy atom. The summed E-state index contributed by atoms with van der Waals surface area (Å²) in [6.07, 6.45) is 0. The highest BCUT2D eigenvalue weighted by Crippen LogP contribution is 2.13. The predicted molar refractivity (Wildman–Crippen MR) is 23.0 cm³/mol. The zero-order valence-electron chi connectivity index (χ0n) is 3.72. The van der Waals surface area contributed by atoms with E-state index < -0.39 is 8.03 Å². The maximum atomic E-state index is 9.88. The summed E-state index contributed by atoms with van der Waals surface area (Å²) in [5, 5.41) is 0. The van der Waals surface area contributed by atoms with Crippen molar-refractivity contribution in [2.75, 3.05) is 13.8 Å². The Morgan fingerprint density at radius 3 is 2.17 bits per heavy atom. The van der Waals surface area contributed by atoms with Crippen LogP contribution in [0.2, 0.25) is 0 Å². The fourth-order valence-corrected chi connectivity index (χ4v) is 0.352. The van der Waals surface area contributed by atoms with Gasteiger partial charge in [-0.2, -0.15) is 4.67 Å². The van der Waals surface area contributed by atoms with Crippen LogP contribution in [-0.2, 0) is 14.1 Å². The van der Waals surface area contributed by atoms with Gasteiger partial charge >= 0.3 is 0 Å².